The van der Waals surface area contributed by atoms with Crippen LogP contribution < -0.4 is 0 Å². The van der Waals surface area contributed by atoms with Gasteiger partial charge in [-0.25, -0.2) is 0 Å². The van der Waals surface area contributed by atoms with Gasteiger partial charge in [0.05, 0.1) is 6.10 Å². The minimum atomic E-state index is -1.29. The summed E-state index contributed by atoms with van der Waals surface area (Å²) >= 11 is 0. The van der Waals surface area contributed by atoms with Gasteiger partial charge in [0.25, 0.3) is 0 Å². The summed E-state index contributed by atoms with van der Waals surface area (Å²) in [5.41, 5.74) is 0. The maximum absolute atomic E-state index is 11.7. The monoisotopic (exact) mass is 210 g/mol. The Morgan fingerprint density at radius 1 is 1.60 bits per heavy atom. The largest absolute Gasteiger partial charge is 0.365 e. The third-order valence-electron chi connectivity index (χ3n) is 2.70. The van der Waals surface area contributed by atoms with Gasteiger partial charge in [0.2, 0.25) is 11.6 Å². The highest BCUT2D eigenvalue weighted by Gasteiger charge is 2.46. The number of aliphatic hydroxyl groups excluding tert-OH is 1. The summed E-state index contributed by atoms with van der Waals surface area (Å²) < 4.78 is 10.8. The lowest BCUT2D eigenvalue weighted by Gasteiger charge is -2.40. The van der Waals surface area contributed by atoms with Crippen LogP contribution in [0.2, 0.25) is 0 Å². The van der Waals surface area contributed by atoms with Gasteiger partial charge >= 0.3 is 0 Å². The van der Waals surface area contributed by atoms with Crippen LogP contribution in [0.25, 0.3) is 0 Å². The minimum Gasteiger partial charge on any atom is -0.365 e. The molecule has 4 heteroatoms. The van der Waals surface area contributed by atoms with Crippen LogP contribution in [0.5, 0.6) is 0 Å². The van der Waals surface area contributed by atoms with E-state index >= 15 is 0 Å². The lowest BCUT2D eigenvalue weighted by atomic mass is 9.96. The Morgan fingerprint density at radius 3 is 3.13 bits per heavy atom. The minimum absolute atomic E-state index is 0.179. The third kappa shape index (κ3) is 1.88. The Morgan fingerprint density at radius 2 is 2.40 bits per heavy atom. The van der Waals surface area contributed by atoms with Gasteiger partial charge in [0, 0.05) is 6.42 Å². The van der Waals surface area contributed by atoms with Crippen molar-refractivity contribution < 1.29 is 19.4 Å². The molecule has 2 rings (SSSR count). The van der Waals surface area contributed by atoms with Gasteiger partial charge in [-0.05, 0) is 25.0 Å². The summed E-state index contributed by atoms with van der Waals surface area (Å²) in [6.07, 6.45) is 5.19. The van der Waals surface area contributed by atoms with E-state index < -0.39 is 12.1 Å². The molecule has 0 aromatic rings. The smallest absolute Gasteiger partial charge is 0.236 e. The van der Waals surface area contributed by atoms with E-state index in [2.05, 4.69) is 6.58 Å². The van der Waals surface area contributed by atoms with E-state index in [1.807, 2.05) is 0 Å². The van der Waals surface area contributed by atoms with Gasteiger partial charge in [-0.2, -0.15) is 0 Å². The molecule has 1 fully saturated rings. The van der Waals surface area contributed by atoms with Crippen LogP contribution in [0, 0.1) is 0 Å². The van der Waals surface area contributed by atoms with Crippen molar-refractivity contribution in [3.05, 3.63) is 24.8 Å². The first-order valence-corrected chi connectivity index (χ1v) is 5.05. The van der Waals surface area contributed by atoms with Crippen LogP contribution in [0.15, 0.2) is 24.8 Å². The van der Waals surface area contributed by atoms with Crippen LogP contribution in [0.1, 0.15) is 19.3 Å². The van der Waals surface area contributed by atoms with Crippen molar-refractivity contribution in [3.63, 3.8) is 0 Å². The van der Waals surface area contributed by atoms with E-state index in [-0.39, 0.29) is 11.9 Å². The lowest BCUT2D eigenvalue weighted by molar-refractivity contribution is -0.295. The zero-order chi connectivity index (χ0) is 10.9. The molecule has 0 aliphatic carbocycles. The fourth-order valence-electron chi connectivity index (χ4n) is 1.92. The number of aliphatic hydroxyl groups is 1. The summed E-state index contributed by atoms with van der Waals surface area (Å²) in [7, 11) is 0. The number of carbonyl (C=O) groups is 1. The fourth-order valence-corrected chi connectivity index (χ4v) is 1.92. The summed E-state index contributed by atoms with van der Waals surface area (Å²) in [5.74, 6) is -1.52. The summed E-state index contributed by atoms with van der Waals surface area (Å²) in [5, 5.41) is 9.34. The maximum atomic E-state index is 11.7. The molecule has 3 atom stereocenters. The molecular weight excluding hydrogens is 196 g/mol. The highest BCUT2D eigenvalue weighted by atomic mass is 16.8. The van der Waals surface area contributed by atoms with E-state index in [0.29, 0.717) is 6.42 Å². The van der Waals surface area contributed by atoms with Gasteiger partial charge in [-0.3, -0.25) is 4.79 Å². The molecule has 2 heterocycles. The Labute approximate surface area is 88.2 Å². The molecule has 1 N–H and O–H groups in total. The van der Waals surface area contributed by atoms with Crippen LogP contribution in [0.3, 0.4) is 0 Å². The molecule has 82 valence electrons. The van der Waals surface area contributed by atoms with E-state index in [1.165, 1.54) is 12.2 Å². The van der Waals surface area contributed by atoms with Crippen molar-refractivity contribution in [2.45, 2.75) is 37.4 Å². The SMILES string of the molecule is C=CC1CCCC2(OC(O)C=CC2=O)O1. The molecule has 4 nitrogen and oxygen atoms in total. The normalized spacial score (nSPS) is 40.7. The Hall–Kier alpha value is -0.970. The topological polar surface area (TPSA) is 55.8 Å². The van der Waals surface area contributed by atoms with Crippen molar-refractivity contribution in [3.8, 4) is 0 Å². The number of rotatable bonds is 1. The fraction of sp³-hybridized carbons (Fsp3) is 0.545. The molecule has 0 saturated carbocycles. The van der Waals surface area contributed by atoms with Crippen molar-refractivity contribution >= 4 is 5.78 Å². The standard InChI is InChI=1S/C11H14O4/c1-2-8-4-3-7-11(14-8)9(12)5-6-10(13)15-11/h2,5-6,8,10,13H,1,3-4,7H2. The molecule has 0 amide bonds. The van der Waals surface area contributed by atoms with Gasteiger partial charge in [0.15, 0.2) is 6.29 Å². The Balaban J connectivity index is 2.21. The van der Waals surface area contributed by atoms with Crippen LogP contribution >= 0.6 is 0 Å². The van der Waals surface area contributed by atoms with E-state index in [9.17, 15) is 9.90 Å². The predicted octanol–water partition coefficient (Wildman–Crippen LogP) is 0.912. The van der Waals surface area contributed by atoms with Gasteiger partial charge < -0.3 is 14.6 Å². The second-order valence-corrected chi connectivity index (χ2v) is 3.77. The van der Waals surface area contributed by atoms with Crippen molar-refractivity contribution in [1.82, 2.24) is 0 Å². The molecule has 0 bridgehead atoms. The molecular formula is C11H14O4. The van der Waals surface area contributed by atoms with Crippen LogP contribution in [-0.2, 0) is 14.3 Å². The molecule has 1 saturated heterocycles. The zero-order valence-corrected chi connectivity index (χ0v) is 8.39. The Kier molecular flexibility index (Phi) is 2.73. The van der Waals surface area contributed by atoms with Crippen LogP contribution in [0.4, 0.5) is 0 Å². The number of ether oxygens (including phenoxy) is 2. The summed E-state index contributed by atoms with van der Waals surface area (Å²) in [6.45, 7) is 3.63. The number of hydrogen-bond acceptors (Lipinski definition) is 4. The predicted molar refractivity (Wildman–Crippen MR) is 52.9 cm³/mol. The first kappa shape index (κ1) is 10.5. The van der Waals surface area contributed by atoms with Gasteiger partial charge in [-0.1, -0.05) is 6.08 Å². The number of carbonyl (C=O) groups excluding carboxylic acids is 1. The first-order chi connectivity index (χ1) is 7.16. The van der Waals surface area contributed by atoms with E-state index in [4.69, 9.17) is 9.47 Å². The molecule has 1 spiro atoms. The van der Waals surface area contributed by atoms with Crippen molar-refractivity contribution in [2.24, 2.45) is 0 Å². The molecule has 2 aliphatic rings. The van der Waals surface area contributed by atoms with Crippen molar-refractivity contribution in [2.75, 3.05) is 0 Å². The van der Waals surface area contributed by atoms with Crippen molar-refractivity contribution in [1.29, 1.82) is 0 Å². The second-order valence-electron chi connectivity index (χ2n) is 3.77. The molecule has 0 radical (unpaired) electrons. The summed E-state index contributed by atoms with van der Waals surface area (Å²) in [4.78, 5) is 11.7. The van der Waals surface area contributed by atoms with Crippen LogP contribution in [-0.4, -0.2) is 29.1 Å². The average Bonchev–Trinajstić information content (AvgIpc) is 2.24. The van der Waals surface area contributed by atoms with E-state index in [1.54, 1.807) is 6.08 Å². The molecule has 0 aromatic carbocycles. The Bertz CT molecular complexity index is 310. The first-order valence-electron chi connectivity index (χ1n) is 5.05. The molecule has 3 unspecified atom stereocenters. The average molecular weight is 210 g/mol. The zero-order valence-electron chi connectivity index (χ0n) is 8.39. The van der Waals surface area contributed by atoms with Gasteiger partial charge in [0.1, 0.15) is 0 Å². The maximum Gasteiger partial charge on any atom is 0.236 e. The van der Waals surface area contributed by atoms with E-state index in [0.717, 1.165) is 12.8 Å². The molecule has 0 aromatic heterocycles. The third-order valence-corrected chi connectivity index (χ3v) is 2.70. The number of hydrogen-bond donors (Lipinski definition) is 1. The second kappa shape index (κ2) is 3.89. The highest BCUT2D eigenvalue weighted by Crippen LogP contribution is 2.34. The molecule has 2 aliphatic heterocycles. The van der Waals surface area contributed by atoms with Gasteiger partial charge in [-0.15, -0.1) is 6.58 Å². The summed E-state index contributed by atoms with van der Waals surface area (Å²) in [6, 6.07) is 0. The number of ketones is 1. The highest BCUT2D eigenvalue weighted by molar-refractivity contribution is 5.96. The molecule has 15 heavy (non-hydrogen) atoms. The lowest BCUT2D eigenvalue weighted by Crippen LogP contribution is -2.52. The quantitative estimate of drug-likeness (QED) is 0.654.